The third-order valence-corrected chi connectivity index (χ3v) is 6.09. The second-order valence-corrected chi connectivity index (χ2v) is 8.80. The van der Waals surface area contributed by atoms with Gasteiger partial charge in [0.05, 0.1) is 23.0 Å². The van der Waals surface area contributed by atoms with E-state index in [0.717, 1.165) is 16.1 Å². The zero-order chi connectivity index (χ0) is 23.0. The first-order valence-electron chi connectivity index (χ1n) is 10.3. The van der Waals surface area contributed by atoms with E-state index in [0.29, 0.717) is 22.1 Å². The molecular weight excluding hydrogens is 456 g/mol. The molecule has 4 aromatic rings. The number of hydrogen-bond acceptors (Lipinski definition) is 5. The Labute approximate surface area is 200 Å². The van der Waals surface area contributed by atoms with Gasteiger partial charge in [0, 0.05) is 6.42 Å². The number of amides is 2. The number of benzene rings is 3. The van der Waals surface area contributed by atoms with Gasteiger partial charge >= 0.3 is 0 Å². The lowest BCUT2D eigenvalue weighted by molar-refractivity contribution is -0.116. The van der Waals surface area contributed by atoms with Gasteiger partial charge < -0.3 is 10.6 Å². The number of anilines is 1. The van der Waals surface area contributed by atoms with E-state index in [1.54, 1.807) is 24.3 Å². The molecule has 0 aliphatic heterocycles. The number of carbonyl (C=O) groups is 2. The highest BCUT2D eigenvalue weighted by atomic mass is 35.5. The van der Waals surface area contributed by atoms with E-state index in [4.69, 9.17) is 11.6 Å². The van der Waals surface area contributed by atoms with Gasteiger partial charge in [-0.3, -0.25) is 9.59 Å². The molecule has 4 rings (SSSR count). The average molecular weight is 477 g/mol. The van der Waals surface area contributed by atoms with E-state index in [9.17, 15) is 9.59 Å². The Balaban J connectivity index is 1.43. The molecule has 0 aliphatic rings. The lowest BCUT2D eigenvalue weighted by Gasteiger charge is -2.19. The second-order valence-electron chi connectivity index (χ2n) is 7.33. The van der Waals surface area contributed by atoms with Gasteiger partial charge in [-0.25, -0.2) is 0 Å². The first-order valence-corrected chi connectivity index (χ1v) is 11.5. The molecule has 1 unspecified atom stereocenters. The minimum atomic E-state index is -0.535. The van der Waals surface area contributed by atoms with Crippen LogP contribution in [-0.4, -0.2) is 22.0 Å². The van der Waals surface area contributed by atoms with Crippen LogP contribution in [0, 0.1) is 0 Å². The van der Waals surface area contributed by atoms with Gasteiger partial charge in [0.25, 0.3) is 5.91 Å². The Bertz CT molecular complexity index is 1230. The molecule has 2 N–H and O–H groups in total. The maximum atomic E-state index is 12.8. The minimum absolute atomic E-state index is 0.0355. The highest BCUT2D eigenvalue weighted by Gasteiger charge is 2.21. The Hall–Kier alpha value is -3.55. The zero-order valence-electron chi connectivity index (χ0n) is 17.6. The second kappa shape index (κ2) is 10.8. The summed E-state index contributed by atoms with van der Waals surface area (Å²) in [6, 6.07) is 25.6. The molecule has 0 fully saturated rings. The summed E-state index contributed by atoms with van der Waals surface area (Å²) < 4.78 is 0. The molecule has 0 saturated heterocycles. The standard InChI is InChI=1S/C25H21ClN4O2S/c26-20-14-8-7-13-19(20)24(32)27-21(18-11-5-2-6-12-18)16-22(31)28-25-30-29-23(33-25)15-17-9-3-1-4-10-17/h1-14,21H,15-16H2,(H,27,32)(H,28,30,31). The molecule has 0 aliphatic carbocycles. The molecular formula is C25H21ClN4O2S. The van der Waals surface area contributed by atoms with Gasteiger partial charge in [-0.15, -0.1) is 10.2 Å². The number of aromatic nitrogens is 2. The summed E-state index contributed by atoms with van der Waals surface area (Å²) in [5, 5.41) is 15.6. The summed E-state index contributed by atoms with van der Waals surface area (Å²) in [5.74, 6) is -0.617. The summed E-state index contributed by atoms with van der Waals surface area (Å²) in [6.45, 7) is 0. The van der Waals surface area contributed by atoms with Gasteiger partial charge in [0.1, 0.15) is 5.01 Å². The summed E-state index contributed by atoms with van der Waals surface area (Å²) in [7, 11) is 0. The van der Waals surface area contributed by atoms with Crippen molar-refractivity contribution in [1.29, 1.82) is 0 Å². The Kier molecular flexibility index (Phi) is 7.44. The van der Waals surface area contributed by atoms with Crippen molar-refractivity contribution in [1.82, 2.24) is 15.5 Å². The Morgan fingerprint density at radius 2 is 1.55 bits per heavy atom. The molecule has 166 valence electrons. The normalized spacial score (nSPS) is 11.5. The predicted octanol–water partition coefficient (Wildman–Crippen LogP) is 5.28. The largest absolute Gasteiger partial charge is 0.345 e. The van der Waals surface area contributed by atoms with Crippen LogP contribution >= 0.6 is 22.9 Å². The van der Waals surface area contributed by atoms with Crippen molar-refractivity contribution >= 4 is 39.9 Å². The van der Waals surface area contributed by atoms with E-state index in [-0.39, 0.29) is 18.2 Å². The number of hydrogen-bond donors (Lipinski definition) is 2. The fourth-order valence-corrected chi connectivity index (χ4v) is 4.33. The summed E-state index contributed by atoms with van der Waals surface area (Å²) in [5.41, 5.74) is 2.29. The quantitative estimate of drug-likeness (QED) is 0.362. The molecule has 0 radical (unpaired) electrons. The third kappa shape index (κ3) is 6.25. The van der Waals surface area contributed by atoms with Crippen molar-refractivity contribution in [3.63, 3.8) is 0 Å². The van der Waals surface area contributed by atoms with Crippen LogP contribution in [0.2, 0.25) is 5.02 Å². The van der Waals surface area contributed by atoms with Crippen LogP contribution in [0.15, 0.2) is 84.9 Å². The van der Waals surface area contributed by atoms with Gasteiger partial charge in [-0.2, -0.15) is 0 Å². The minimum Gasteiger partial charge on any atom is -0.345 e. The van der Waals surface area contributed by atoms with Crippen LogP contribution in [0.4, 0.5) is 5.13 Å². The van der Waals surface area contributed by atoms with E-state index in [1.807, 2.05) is 60.7 Å². The molecule has 0 spiro atoms. The SMILES string of the molecule is O=C(CC(NC(=O)c1ccccc1Cl)c1ccccc1)Nc1nnc(Cc2ccccc2)s1. The van der Waals surface area contributed by atoms with Gasteiger partial charge in [-0.1, -0.05) is 95.7 Å². The van der Waals surface area contributed by atoms with Crippen LogP contribution in [0.5, 0.6) is 0 Å². The fraction of sp³-hybridized carbons (Fsp3) is 0.120. The lowest BCUT2D eigenvalue weighted by Crippen LogP contribution is -2.31. The van der Waals surface area contributed by atoms with Crippen LogP contribution < -0.4 is 10.6 Å². The summed E-state index contributed by atoms with van der Waals surface area (Å²) in [4.78, 5) is 25.6. The van der Waals surface area contributed by atoms with Gasteiger partial charge in [-0.05, 0) is 23.3 Å². The van der Waals surface area contributed by atoms with Crippen LogP contribution in [-0.2, 0) is 11.2 Å². The highest BCUT2D eigenvalue weighted by molar-refractivity contribution is 7.15. The molecule has 0 saturated carbocycles. The maximum absolute atomic E-state index is 12.8. The van der Waals surface area contributed by atoms with Crippen molar-refractivity contribution < 1.29 is 9.59 Å². The van der Waals surface area contributed by atoms with Crippen LogP contribution in [0.3, 0.4) is 0 Å². The van der Waals surface area contributed by atoms with Crippen LogP contribution in [0.25, 0.3) is 0 Å². The third-order valence-electron chi connectivity index (χ3n) is 4.93. The van der Waals surface area contributed by atoms with Crippen molar-refractivity contribution in [3.8, 4) is 0 Å². The lowest BCUT2D eigenvalue weighted by atomic mass is 10.0. The summed E-state index contributed by atoms with van der Waals surface area (Å²) >= 11 is 7.50. The monoisotopic (exact) mass is 476 g/mol. The van der Waals surface area contributed by atoms with E-state index in [2.05, 4.69) is 20.8 Å². The number of rotatable bonds is 8. The Morgan fingerprint density at radius 1 is 0.879 bits per heavy atom. The van der Waals surface area contributed by atoms with Crippen molar-refractivity contribution in [3.05, 3.63) is 112 Å². The molecule has 3 aromatic carbocycles. The first-order chi connectivity index (χ1) is 16.1. The number of nitrogens with zero attached hydrogens (tertiary/aromatic N) is 2. The number of carbonyl (C=O) groups excluding carboxylic acids is 2. The van der Waals surface area contributed by atoms with E-state index < -0.39 is 6.04 Å². The Morgan fingerprint density at radius 3 is 2.27 bits per heavy atom. The van der Waals surface area contributed by atoms with Gasteiger partial charge in [0.15, 0.2) is 0 Å². The molecule has 0 bridgehead atoms. The first kappa shape index (κ1) is 22.6. The molecule has 8 heteroatoms. The van der Waals surface area contributed by atoms with Crippen molar-refractivity contribution in [2.75, 3.05) is 5.32 Å². The van der Waals surface area contributed by atoms with Crippen molar-refractivity contribution in [2.45, 2.75) is 18.9 Å². The fourth-order valence-electron chi connectivity index (χ4n) is 3.32. The van der Waals surface area contributed by atoms with E-state index >= 15 is 0 Å². The molecule has 2 amide bonds. The van der Waals surface area contributed by atoms with Crippen LogP contribution in [0.1, 0.15) is 39.0 Å². The topological polar surface area (TPSA) is 84.0 Å². The average Bonchev–Trinajstić information content (AvgIpc) is 3.26. The molecule has 1 atom stereocenters. The highest BCUT2D eigenvalue weighted by Crippen LogP contribution is 2.23. The van der Waals surface area contributed by atoms with E-state index in [1.165, 1.54) is 11.3 Å². The zero-order valence-corrected chi connectivity index (χ0v) is 19.1. The molecule has 33 heavy (non-hydrogen) atoms. The maximum Gasteiger partial charge on any atom is 0.253 e. The molecule has 6 nitrogen and oxygen atoms in total. The van der Waals surface area contributed by atoms with Crippen molar-refractivity contribution in [2.24, 2.45) is 0 Å². The van der Waals surface area contributed by atoms with Gasteiger partial charge in [0.2, 0.25) is 11.0 Å². The molecule has 1 heterocycles. The molecule has 1 aromatic heterocycles. The summed E-state index contributed by atoms with van der Waals surface area (Å²) in [6.07, 6.45) is 0.683. The number of halogens is 1. The smallest absolute Gasteiger partial charge is 0.253 e. The predicted molar refractivity (Wildman–Crippen MR) is 131 cm³/mol. The number of nitrogens with one attached hydrogen (secondary N) is 2.